The molecule has 0 unspecified atom stereocenters. The van der Waals surface area contributed by atoms with Crippen molar-refractivity contribution in [2.24, 2.45) is 0 Å². The summed E-state index contributed by atoms with van der Waals surface area (Å²) in [5.74, 6) is 0. The molecule has 0 aliphatic carbocycles. The highest BCUT2D eigenvalue weighted by atomic mass is 15.3. The zero-order valence-electron chi connectivity index (χ0n) is 9.78. The van der Waals surface area contributed by atoms with Gasteiger partial charge in [-0.1, -0.05) is 0 Å². The molecule has 0 fully saturated rings. The summed E-state index contributed by atoms with van der Waals surface area (Å²) in [6.45, 7) is 2.87. The van der Waals surface area contributed by atoms with E-state index in [2.05, 4.69) is 21.1 Å². The summed E-state index contributed by atoms with van der Waals surface area (Å²) in [5, 5.41) is 13.4. The lowest BCUT2D eigenvalue weighted by Crippen LogP contribution is -2.01. The Balaban J connectivity index is 2.22. The maximum absolute atomic E-state index is 8.98. The molecule has 3 aromatic rings. The number of nitriles is 1. The van der Waals surface area contributed by atoms with Crippen molar-refractivity contribution >= 4 is 5.65 Å². The fourth-order valence-corrected chi connectivity index (χ4v) is 1.87. The van der Waals surface area contributed by atoms with E-state index in [1.165, 1.54) is 6.20 Å². The summed E-state index contributed by atoms with van der Waals surface area (Å²) < 4.78 is 3.54. The Bertz CT molecular complexity index is 745. The summed E-state index contributed by atoms with van der Waals surface area (Å²) in [6, 6.07) is 5.79. The van der Waals surface area contributed by atoms with Gasteiger partial charge in [0.05, 0.1) is 24.4 Å². The van der Waals surface area contributed by atoms with Crippen LogP contribution in [-0.4, -0.2) is 24.1 Å². The fourth-order valence-electron chi connectivity index (χ4n) is 1.87. The zero-order valence-corrected chi connectivity index (χ0v) is 9.78. The van der Waals surface area contributed by atoms with Gasteiger partial charge in [-0.15, -0.1) is 0 Å². The Labute approximate surface area is 103 Å². The number of fused-ring (bicyclic) bond motifs is 1. The van der Waals surface area contributed by atoms with E-state index < -0.39 is 0 Å². The molecule has 3 heterocycles. The van der Waals surface area contributed by atoms with E-state index in [0.717, 1.165) is 17.9 Å². The number of aryl methyl sites for hydroxylation is 1. The molecule has 18 heavy (non-hydrogen) atoms. The topological polar surface area (TPSA) is 71.8 Å². The van der Waals surface area contributed by atoms with Gasteiger partial charge >= 0.3 is 0 Å². The Hall–Kier alpha value is -2.68. The molecule has 3 rings (SSSR count). The molecule has 6 heteroatoms. The van der Waals surface area contributed by atoms with Gasteiger partial charge in [0.2, 0.25) is 0 Å². The van der Waals surface area contributed by atoms with Gasteiger partial charge in [-0.3, -0.25) is 0 Å². The quantitative estimate of drug-likeness (QED) is 0.678. The van der Waals surface area contributed by atoms with Gasteiger partial charge in [0, 0.05) is 6.54 Å². The van der Waals surface area contributed by atoms with Crippen molar-refractivity contribution in [2.75, 3.05) is 0 Å². The first kappa shape index (κ1) is 10.5. The third kappa shape index (κ3) is 1.45. The molecule has 0 N–H and O–H groups in total. The second-order valence-electron chi connectivity index (χ2n) is 3.81. The minimum Gasteiger partial charge on any atom is -0.330 e. The van der Waals surface area contributed by atoms with E-state index in [-0.39, 0.29) is 0 Å². The van der Waals surface area contributed by atoms with Crippen molar-refractivity contribution in [2.45, 2.75) is 13.5 Å². The lowest BCUT2D eigenvalue weighted by Gasteiger charge is -2.04. The molecule has 0 aliphatic heterocycles. The summed E-state index contributed by atoms with van der Waals surface area (Å²) >= 11 is 0. The molecule has 0 aromatic carbocycles. The normalized spacial score (nSPS) is 10.7. The standard InChI is InChI=1S/C12H10N6/c1-2-17-8-14-7-11(17)10-3-4-12-15-6-9(5-13)18(12)16-10/h3-4,6-8H,2H2,1H3. The number of nitrogens with zero attached hydrogens (tertiary/aromatic N) is 6. The summed E-state index contributed by atoms with van der Waals surface area (Å²) in [4.78, 5) is 8.22. The molecular formula is C12H10N6. The van der Waals surface area contributed by atoms with Crippen molar-refractivity contribution in [3.63, 3.8) is 0 Å². The molecule has 0 atom stereocenters. The van der Waals surface area contributed by atoms with E-state index in [4.69, 9.17) is 5.26 Å². The Morgan fingerprint density at radius 1 is 1.33 bits per heavy atom. The van der Waals surface area contributed by atoms with Gasteiger partial charge in [-0.25, -0.2) is 14.5 Å². The number of imidazole rings is 2. The van der Waals surface area contributed by atoms with Gasteiger partial charge < -0.3 is 4.57 Å². The van der Waals surface area contributed by atoms with Gasteiger partial charge in [-0.2, -0.15) is 10.4 Å². The largest absolute Gasteiger partial charge is 0.330 e. The number of hydrogen-bond donors (Lipinski definition) is 0. The molecule has 6 nitrogen and oxygen atoms in total. The molecule has 0 radical (unpaired) electrons. The van der Waals surface area contributed by atoms with Crippen LogP contribution >= 0.6 is 0 Å². The van der Waals surface area contributed by atoms with E-state index in [1.54, 1.807) is 17.0 Å². The number of rotatable bonds is 2. The van der Waals surface area contributed by atoms with Crippen molar-refractivity contribution in [1.29, 1.82) is 5.26 Å². The van der Waals surface area contributed by atoms with Gasteiger partial charge in [0.15, 0.2) is 11.3 Å². The van der Waals surface area contributed by atoms with Crippen LogP contribution in [0.25, 0.3) is 17.0 Å². The summed E-state index contributed by atoms with van der Waals surface area (Å²) in [5.41, 5.74) is 2.79. The van der Waals surface area contributed by atoms with Crippen LogP contribution in [0.4, 0.5) is 0 Å². The lowest BCUT2D eigenvalue weighted by molar-refractivity contribution is 0.762. The van der Waals surface area contributed by atoms with Crippen molar-refractivity contribution in [1.82, 2.24) is 24.1 Å². The van der Waals surface area contributed by atoms with Crippen LogP contribution in [0, 0.1) is 11.3 Å². The molecule has 0 saturated carbocycles. The average Bonchev–Trinajstić information content (AvgIpc) is 3.03. The van der Waals surface area contributed by atoms with Crippen molar-refractivity contribution < 1.29 is 0 Å². The van der Waals surface area contributed by atoms with Crippen LogP contribution in [0.3, 0.4) is 0 Å². The third-order valence-electron chi connectivity index (χ3n) is 2.79. The monoisotopic (exact) mass is 238 g/mol. The minimum absolute atomic E-state index is 0.425. The zero-order chi connectivity index (χ0) is 12.5. The maximum Gasteiger partial charge on any atom is 0.162 e. The number of hydrogen-bond acceptors (Lipinski definition) is 4. The Morgan fingerprint density at radius 3 is 3.00 bits per heavy atom. The van der Waals surface area contributed by atoms with Crippen LogP contribution in [0.5, 0.6) is 0 Å². The summed E-state index contributed by atoms with van der Waals surface area (Å²) in [7, 11) is 0. The Morgan fingerprint density at radius 2 is 2.22 bits per heavy atom. The predicted octanol–water partition coefficient (Wildman–Crippen LogP) is 1.48. The van der Waals surface area contributed by atoms with Gasteiger partial charge in [-0.05, 0) is 19.1 Å². The Kier molecular flexibility index (Phi) is 2.31. The van der Waals surface area contributed by atoms with Crippen LogP contribution in [-0.2, 0) is 6.54 Å². The second-order valence-corrected chi connectivity index (χ2v) is 3.81. The molecular weight excluding hydrogens is 228 g/mol. The first-order valence-corrected chi connectivity index (χ1v) is 5.59. The molecule has 0 saturated heterocycles. The molecule has 0 aliphatic rings. The predicted molar refractivity (Wildman–Crippen MR) is 64.6 cm³/mol. The van der Waals surface area contributed by atoms with Crippen LogP contribution in [0.1, 0.15) is 12.6 Å². The number of aromatic nitrogens is 5. The van der Waals surface area contributed by atoms with Crippen LogP contribution in [0.15, 0.2) is 30.9 Å². The van der Waals surface area contributed by atoms with Crippen LogP contribution < -0.4 is 0 Å². The smallest absolute Gasteiger partial charge is 0.162 e. The SMILES string of the molecule is CCn1cncc1-c1ccc2ncc(C#N)n2n1. The van der Waals surface area contributed by atoms with Crippen molar-refractivity contribution in [3.05, 3.63) is 36.5 Å². The second kappa shape index (κ2) is 3.96. The van der Waals surface area contributed by atoms with Crippen LogP contribution in [0.2, 0.25) is 0 Å². The highest BCUT2D eigenvalue weighted by Gasteiger charge is 2.09. The molecule has 0 spiro atoms. The molecule has 3 aromatic heterocycles. The third-order valence-corrected chi connectivity index (χ3v) is 2.79. The van der Waals surface area contributed by atoms with E-state index in [9.17, 15) is 0 Å². The lowest BCUT2D eigenvalue weighted by atomic mass is 10.3. The average molecular weight is 238 g/mol. The molecule has 88 valence electrons. The van der Waals surface area contributed by atoms with E-state index >= 15 is 0 Å². The fraction of sp³-hybridized carbons (Fsp3) is 0.167. The molecule has 0 amide bonds. The van der Waals surface area contributed by atoms with Gasteiger partial charge in [0.25, 0.3) is 0 Å². The summed E-state index contributed by atoms with van der Waals surface area (Å²) in [6.07, 6.45) is 5.05. The van der Waals surface area contributed by atoms with E-state index in [1.807, 2.05) is 23.6 Å². The maximum atomic E-state index is 8.98. The highest BCUT2D eigenvalue weighted by Crippen LogP contribution is 2.17. The van der Waals surface area contributed by atoms with Gasteiger partial charge in [0.1, 0.15) is 11.8 Å². The first-order chi connectivity index (χ1) is 8.83. The first-order valence-electron chi connectivity index (χ1n) is 5.59. The highest BCUT2D eigenvalue weighted by molar-refractivity contribution is 5.56. The minimum atomic E-state index is 0.425. The van der Waals surface area contributed by atoms with Crippen molar-refractivity contribution in [3.8, 4) is 17.5 Å². The molecule has 0 bridgehead atoms. The van der Waals surface area contributed by atoms with E-state index in [0.29, 0.717) is 11.3 Å².